The monoisotopic (exact) mass is 433 g/mol. The number of nitrogens with zero attached hydrogens (tertiary/aromatic N) is 2. The number of hydrogen-bond donors (Lipinski definition) is 1. The first-order chi connectivity index (χ1) is 10.2. The summed E-state index contributed by atoms with van der Waals surface area (Å²) in [7, 11) is 1.71. The third-order valence-electron chi connectivity index (χ3n) is 2.86. The van der Waals surface area contributed by atoms with Gasteiger partial charge in [-0.2, -0.15) is 0 Å². The topological polar surface area (TPSA) is 47.0 Å². The molecule has 0 aliphatic carbocycles. The van der Waals surface area contributed by atoms with E-state index >= 15 is 0 Å². The van der Waals surface area contributed by atoms with E-state index in [0.717, 1.165) is 57.1 Å². The highest BCUT2D eigenvalue weighted by Crippen LogP contribution is 2.32. The summed E-state index contributed by atoms with van der Waals surface area (Å²) >= 11 is 8.68. The highest BCUT2D eigenvalue weighted by Gasteiger charge is 2.10. The summed E-state index contributed by atoms with van der Waals surface area (Å²) < 4.78 is 7.06. The van der Waals surface area contributed by atoms with Crippen molar-refractivity contribution in [3.63, 3.8) is 0 Å². The van der Waals surface area contributed by atoms with Gasteiger partial charge in [-0.25, -0.2) is 0 Å². The zero-order valence-electron chi connectivity index (χ0n) is 11.7. The Morgan fingerprint density at radius 3 is 2.86 bits per heavy atom. The van der Waals surface area contributed by atoms with Crippen LogP contribution in [0.2, 0.25) is 0 Å². The van der Waals surface area contributed by atoms with E-state index in [4.69, 9.17) is 4.74 Å². The molecule has 4 nitrogen and oxygen atoms in total. The first-order valence-corrected chi connectivity index (χ1v) is 9.08. The third kappa shape index (κ3) is 5.41. The molecular weight excluding hydrogens is 418 g/mol. The van der Waals surface area contributed by atoms with Crippen molar-refractivity contribution in [1.29, 1.82) is 0 Å². The van der Waals surface area contributed by atoms with Crippen LogP contribution in [0.25, 0.3) is 10.6 Å². The van der Waals surface area contributed by atoms with Gasteiger partial charge in [-0.1, -0.05) is 43.2 Å². The maximum atomic E-state index is 4.99. The molecule has 0 saturated carbocycles. The summed E-state index contributed by atoms with van der Waals surface area (Å²) in [6.45, 7) is 2.62. The minimum absolute atomic E-state index is 0.751. The fourth-order valence-electron chi connectivity index (χ4n) is 1.79. The van der Waals surface area contributed by atoms with Crippen molar-refractivity contribution in [2.75, 3.05) is 26.8 Å². The summed E-state index contributed by atoms with van der Waals surface area (Å²) in [6, 6.07) is 6.09. The maximum absolute atomic E-state index is 4.99. The lowest BCUT2D eigenvalue weighted by Gasteiger charge is -2.02. The van der Waals surface area contributed by atoms with Crippen LogP contribution in [-0.2, 0) is 11.2 Å². The number of halogens is 2. The van der Waals surface area contributed by atoms with E-state index < -0.39 is 0 Å². The Bertz CT molecular complexity index is 577. The van der Waals surface area contributed by atoms with Crippen LogP contribution < -0.4 is 5.32 Å². The summed E-state index contributed by atoms with van der Waals surface area (Å²) in [4.78, 5) is 0. The second-order valence-corrected chi connectivity index (χ2v) is 7.30. The Kier molecular flexibility index (Phi) is 7.25. The van der Waals surface area contributed by atoms with Gasteiger partial charge in [0, 0.05) is 34.6 Å². The molecule has 0 atom stereocenters. The van der Waals surface area contributed by atoms with Gasteiger partial charge in [-0.05, 0) is 31.2 Å². The summed E-state index contributed by atoms with van der Waals surface area (Å²) in [5.41, 5.74) is 1.08. The zero-order valence-corrected chi connectivity index (χ0v) is 15.7. The van der Waals surface area contributed by atoms with E-state index in [1.165, 1.54) is 0 Å². The van der Waals surface area contributed by atoms with Gasteiger partial charge in [0.15, 0.2) is 0 Å². The molecule has 0 unspecified atom stereocenters. The van der Waals surface area contributed by atoms with Gasteiger partial charge in [0.05, 0.1) is 6.61 Å². The number of aryl methyl sites for hydroxylation is 1. The van der Waals surface area contributed by atoms with Crippen molar-refractivity contribution < 1.29 is 4.74 Å². The maximum Gasteiger partial charge on any atom is 0.148 e. The van der Waals surface area contributed by atoms with Crippen LogP contribution >= 0.6 is 43.2 Å². The van der Waals surface area contributed by atoms with E-state index in [2.05, 4.69) is 47.4 Å². The number of rotatable bonds is 8. The Balaban J connectivity index is 1.86. The largest absolute Gasteiger partial charge is 0.383 e. The summed E-state index contributed by atoms with van der Waals surface area (Å²) in [6.07, 6.45) is 2.01. The molecule has 0 saturated heterocycles. The van der Waals surface area contributed by atoms with Crippen LogP contribution in [0.15, 0.2) is 27.1 Å². The lowest BCUT2D eigenvalue weighted by molar-refractivity contribution is 0.199. The van der Waals surface area contributed by atoms with Gasteiger partial charge in [0.1, 0.15) is 10.0 Å². The molecule has 21 heavy (non-hydrogen) atoms. The lowest BCUT2D eigenvalue weighted by atomic mass is 10.2. The van der Waals surface area contributed by atoms with Crippen molar-refractivity contribution in [2.45, 2.75) is 12.8 Å². The Labute approximate surface area is 145 Å². The molecule has 0 aliphatic rings. The van der Waals surface area contributed by atoms with Gasteiger partial charge in [0.25, 0.3) is 0 Å². The van der Waals surface area contributed by atoms with Gasteiger partial charge in [0.2, 0.25) is 0 Å². The quantitative estimate of drug-likeness (QED) is 0.640. The van der Waals surface area contributed by atoms with E-state index in [1.54, 1.807) is 18.4 Å². The highest BCUT2D eigenvalue weighted by molar-refractivity contribution is 9.11. The number of methoxy groups -OCH3 is 1. The molecule has 0 bridgehead atoms. The van der Waals surface area contributed by atoms with E-state index in [1.807, 2.05) is 18.2 Å². The number of ether oxygens (including phenoxy) is 1. The first kappa shape index (κ1) is 17.0. The van der Waals surface area contributed by atoms with Crippen molar-refractivity contribution in [3.8, 4) is 10.6 Å². The summed E-state index contributed by atoms with van der Waals surface area (Å²) in [5, 5.41) is 13.9. The minimum atomic E-state index is 0.751. The molecule has 114 valence electrons. The van der Waals surface area contributed by atoms with Crippen molar-refractivity contribution in [3.05, 3.63) is 32.2 Å². The minimum Gasteiger partial charge on any atom is -0.383 e. The van der Waals surface area contributed by atoms with Crippen molar-refractivity contribution in [1.82, 2.24) is 15.5 Å². The molecule has 0 spiro atoms. The van der Waals surface area contributed by atoms with Gasteiger partial charge >= 0.3 is 0 Å². The van der Waals surface area contributed by atoms with E-state index in [0.29, 0.717) is 0 Å². The number of aromatic nitrogens is 2. The molecule has 0 radical (unpaired) electrons. The Morgan fingerprint density at radius 2 is 2.10 bits per heavy atom. The van der Waals surface area contributed by atoms with E-state index in [9.17, 15) is 0 Å². The standard InChI is InChI=1S/C14H17Br2N3OS/c1-20-8-7-17-6-2-3-13-18-19-14(21-13)11-5-4-10(15)9-12(11)16/h4-5,9,17H,2-3,6-8H2,1H3. The average molecular weight is 435 g/mol. The summed E-state index contributed by atoms with van der Waals surface area (Å²) in [5.74, 6) is 0. The van der Waals surface area contributed by atoms with Crippen LogP contribution in [0.3, 0.4) is 0 Å². The third-order valence-corrected chi connectivity index (χ3v) is 5.02. The second-order valence-electron chi connectivity index (χ2n) is 4.47. The molecular formula is C14H17Br2N3OS. The lowest BCUT2D eigenvalue weighted by Crippen LogP contribution is -2.20. The van der Waals surface area contributed by atoms with Crippen LogP contribution in [0.4, 0.5) is 0 Å². The molecule has 7 heteroatoms. The molecule has 2 aromatic rings. The van der Waals surface area contributed by atoms with Gasteiger partial charge < -0.3 is 10.1 Å². The molecule has 0 amide bonds. The van der Waals surface area contributed by atoms with Crippen molar-refractivity contribution in [2.24, 2.45) is 0 Å². The normalized spacial score (nSPS) is 11.0. The average Bonchev–Trinajstić information content (AvgIpc) is 2.91. The molecule has 1 aromatic heterocycles. The predicted octanol–water partition coefficient (Wildman–Crippen LogP) is 3.90. The van der Waals surface area contributed by atoms with Gasteiger partial charge in [-0.3, -0.25) is 0 Å². The first-order valence-electron chi connectivity index (χ1n) is 6.68. The van der Waals surface area contributed by atoms with Crippen LogP contribution in [0.1, 0.15) is 11.4 Å². The fraction of sp³-hybridized carbons (Fsp3) is 0.429. The fourth-order valence-corrected chi connectivity index (χ4v) is 4.08. The zero-order chi connectivity index (χ0) is 15.1. The van der Waals surface area contributed by atoms with Crippen LogP contribution in [0, 0.1) is 0 Å². The Morgan fingerprint density at radius 1 is 1.24 bits per heavy atom. The van der Waals surface area contributed by atoms with Crippen LogP contribution in [0.5, 0.6) is 0 Å². The second kappa shape index (κ2) is 8.95. The molecule has 0 fully saturated rings. The molecule has 1 N–H and O–H groups in total. The molecule has 0 aliphatic heterocycles. The SMILES string of the molecule is COCCNCCCc1nnc(-c2ccc(Br)cc2Br)s1. The molecule has 2 rings (SSSR count). The smallest absolute Gasteiger partial charge is 0.148 e. The van der Waals surface area contributed by atoms with E-state index in [-0.39, 0.29) is 0 Å². The van der Waals surface area contributed by atoms with Gasteiger partial charge in [-0.15, -0.1) is 10.2 Å². The van der Waals surface area contributed by atoms with Crippen molar-refractivity contribution >= 4 is 43.2 Å². The highest BCUT2D eigenvalue weighted by atomic mass is 79.9. The van der Waals surface area contributed by atoms with Crippen LogP contribution in [-0.4, -0.2) is 37.0 Å². The Hall–Kier alpha value is -0.340. The number of hydrogen-bond acceptors (Lipinski definition) is 5. The number of nitrogens with one attached hydrogen (secondary N) is 1. The number of benzene rings is 1. The molecule has 1 heterocycles. The predicted molar refractivity (Wildman–Crippen MR) is 93.8 cm³/mol. The molecule has 1 aromatic carbocycles.